The average Bonchev–Trinajstić information content (AvgIpc) is 2.73. The number of hydrazine groups is 1. The molecule has 3 N–H and O–H groups in total. The van der Waals surface area contributed by atoms with Crippen LogP contribution in [0.4, 0.5) is 0 Å². The molecule has 17 heavy (non-hydrogen) atoms. The maximum Gasteiger partial charge on any atom is 0.0522 e. The van der Waals surface area contributed by atoms with Crippen LogP contribution in [0.3, 0.4) is 0 Å². The van der Waals surface area contributed by atoms with E-state index in [-0.39, 0.29) is 6.04 Å². The molecule has 1 aromatic heterocycles. The Morgan fingerprint density at radius 3 is 2.82 bits per heavy atom. The highest BCUT2D eigenvalue weighted by atomic mass is 79.9. The molecule has 1 atom stereocenters. The molecule has 0 saturated carbocycles. The number of benzene rings is 1. The Balaban J connectivity index is 2.20. The minimum absolute atomic E-state index is 0.0785. The summed E-state index contributed by atoms with van der Waals surface area (Å²) in [4.78, 5) is 0. The van der Waals surface area contributed by atoms with Crippen molar-refractivity contribution in [3.63, 3.8) is 0 Å². The zero-order valence-electron chi connectivity index (χ0n) is 9.60. The molecule has 0 aliphatic heterocycles. The number of nitrogens with zero attached hydrogens (tertiary/aromatic N) is 2. The van der Waals surface area contributed by atoms with Gasteiger partial charge in [-0.1, -0.05) is 34.1 Å². The van der Waals surface area contributed by atoms with Crippen LogP contribution in [-0.2, 0) is 13.5 Å². The molecule has 0 radical (unpaired) electrons. The molecule has 4 nitrogen and oxygen atoms in total. The Hall–Kier alpha value is -1.17. The normalized spacial score (nSPS) is 12.6. The number of halogens is 1. The molecule has 0 bridgehead atoms. The van der Waals surface area contributed by atoms with E-state index in [2.05, 4.69) is 32.5 Å². The van der Waals surface area contributed by atoms with Gasteiger partial charge in [0.2, 0.25) is 0 Å². The van der Waals surface area contributed by atoms with E-state index < -0.39 is 0 Å². The van der Waals surface area contributed by atoms with Crippen molar-refractivity contribution in [1.82, 2.24) is 15.2 Å². The standard InChI is InChI=1S/C12H15BrN4/c1-17-8-9(7-15-17)6-12(16-14)10-4-2-3-5-11(10)13/h2-5,7-8,12,16H,6,14H2,1H3. The maximum atomic E-state index is 5.63. The van der Waals surface area contributed by atoms with Crippen molar-refractivity contribution in [3.05, 3.63) is 52.3 Å². The molecule has 1 aromatic carbocycles. The third-order valence-electron chi connectivity index (χ3n) is 2.68. The minimum atomic E-state index is 0.0785. The molecule has 0 saturated heterocycles. The summed E-state index contributed by atoms with van der Waals surface area (Å²) in [5, 5.41) is 4.16. The number of hydrogen-bond donors (Lipinski definition) is 2. The van der Waals surface area contributed by atoms with Gasteiger partial charge in [-0.2, -0.15) is 5.10 Å². The summed E-state index contributed by atoms with van der Waals surface area (Å²) >= 11 is 3.54. The first-order valence-electron chi connectivity index (χ1n) is 5.39. The number of hydrogen-bond acceptors (Lipinski definition) is 3. The molecule has 5 heteroatoms. The smallest absolute Gasteiger partial charge is 0.0522 e. The molecule has 90 valence electrons. The van der Waals surface area contributed by atoms with Gasteiger partial charge in [-0.25, -0.2) is 0 Å². The zero-order valence-corrected chi connectivity index (χ0v) is 11.2. The van der Waals surface area contributed by atoms with E-state index >= 15 is 0 Å². The second kappa shape index (κ2) is 5.44. The molecule has 2 rings (SSSR count). The van der Waals surface area contributed by atoms with Gasteiger partial charge in [0.1, 0.15) is 0 Å². The molecule has 0 aliphatic carbocycles. The highest BCUT2D eigenvalue weighted by Crippen LogP contribution is 2.25. The second-order valence-electron chi connectivity index (χ2n) is 3.97. The number of aryl methyl sites for hydroxylation is 1. The van der Waals surface area contributed by atoms with Gasteiger partial charge in [0, 0.05) is 17.7 Å². The van der Waals surface area contributed by atoms with Gasteiger partial charge in [-0.15, -0.1) is 0 Å². The Morgan fingerprint density at radius 1 is 1.47 bits per heavy atom. The van der Waals surface area contributed by atoms with Gasteiger partial charge in [-0.05, 0) is 23.6 Å². The number of nitrogens with two attached hydrogens (primary N) is 1. The van der Waals surface area contributed by atoms with Gasteiger partial charge in [0.05, 0.1) is 12.2 Å². The van der Waals surface area contributed by atoms with Crippen LogP contribution < -0.4 is 11.3 Å². The van der Waals surface area contributed by atoms with Crippen LogP contribution in [0, 0.1) is 0 Å². The van der Waals surface area contributed by atoms with Crippen molar-refractivity contribution < 1.29 is 0 Å². The third kappa shape index (κ3) is 2.94. The van der Waals surface area contributed by atoms with Gasteiger partial charge in [0.15, 0.2) is 0 Å². The highest BCUT2D eigenvalue weighted by molar-refractivity contribution is 9.10. The van der Waals surface area contributed by atoms with E-state index in [9.17, 15) is 0 Å². The van der Waals surface area contributed by atoms with Crippen molar-refractivity contribution in [3.8, 4) is 0 Å². The predicted octanol–water partition coefficient (Wildman–Crippen LogP) is 1.93. The summed E-state index contributed by atoms with van der Waals surface area (Å²) in [6, 6.07) is 8.15. The van der Waals surface area contributed by atoms with Crippen molar-refractivity contribution in [1.29, 1.82) is 0 Å². The molecule has 0 amide bonds. The van der Waals surface area contributed by atoms with Gasteiger partial charge in [-0.3, -0.25) is 16.0 Å². The number of nitrogens with one attached hydrogen (secondary N) is 1. The summed E-state index contributed by atoms with van der Waals surface area (Å²) in [6.07, 6.45) is 4.68. The Labute approximate surface area is 109 Å². The third-order valence-corrected chi connectivity index (χ3v) is 3.40. The lowest BCUT2D eigenvalue weighted by atomic mass is 10.0. The lowest BCUT2D eigenvalue weighted by Crippen LogP contribution is -2.29. The fourth-order valence-electron chi connectivity index (χ4n) is 1.83. The van der Waals surface area contributed by atoms with Crippen molar-refractivity contribution >= 4 is 15.9 Å². The van der Waals surface area contributed by atoms with Crippen LogP contribution in [0.15, 0.2) is 41.1 Å². The molecule has 0 spiro atoms. The average molecular weight is 295 g/mol. The first-order chi connectivity index (χ1) is 8.20. The minimum Gasteiger partial charge on any atom is -0.276 e. The summed E-state index contributed by atoms with van der Waals surface area (Å²) in [6.45, 7) is 0. The summed E-state index contributed by atoms with van der Waals surface area (Å²) in [5.41, 5.74) is 5.16. The fourth-order valence-corrected chi connectivity index (χ4v) is 2.39. The van der Waals surface area contributed by atoms with Crippen molar-refractivity contribution in [2.24, 2.45) is 12.9 Å². The molecular formula is C12H15BrN4. The van der Waals surface area contributed by atoms with E-state index in [1.54, 1.807) is 4.68 Å². The Morgan fingerprint density at radius 2 is 2.24 bits per heavy atom. The van der Waals surface area contributed by atoms with E-state index in [0.29, 0.717) is 0 Å². The first kappa shape index (κ1) is 12.3. The lowest BCUT2D eigenvalue weighted by Gasteiger charge is -2.16. The molecule has 1 unspecified atom stereocenters. The van der Waals surface area contributed by atoms with E-state index in [0.717, 1.165) is 22.0 Å². The Bertz CT molecular complexity index is 495. The van der Waals surface area contributed by atoms with Crippen LogP contribution in [-0.4, -0.2) is 9.78 Å². The van der Waals surface area contributed by atoms with Crippen LogP contribution >= 0.6 is 15.9 Å². The van der Waals surface area contributed by atoms with E-state index in [1.165, 1.54) is 0 Å². The van der Waals surface area contributed by atoms with Crippen LogP contribution in [0.5, 0.6) is 0 Å². The second-order valence-corrected chi connectivity index (χ2v) is 4.82. The number of aromatic nitrogens is 2. The summed E-state index contributed by atoms with van der Waals surface area (Å²) in [5.74, 6) is 5.63. The molecule has 0 aliphatic rings. The largest absolute Gasteiger partial charge is 0.276 e. The molecule has 0 fully saturated rings. The van der Waals surface area contributed by atoms with Gasteiger partial charge < -0.3 is 0 Å². The molecular weight excluding hydrogens is 280 g/mol. The SMILES string of the molecule is Cn1cc(CC(NN)c2ccccc2Br)cn1. The quantitative estimate of drug-likeness (QED) is 0.669. The maximum absolute atomic E-state index is 5.63. The van der Waals surface area contributed by atoms with Gasteiger partial charge >= 0.3 is 0 Å². The lowest BCUT2D eigenvalue weighted by molar-refractivity contribution is 0.550. The predicted molar refractivity (Wildman–Crippen MR) is 71.1 cm³/mol. The van der Waals surface area contributed by atoms with Crippen LogP contribution in [0.1, 0.15) is 17.2 Å². The summed E-state index contributed by atoms with van der Waals surface area (Å²) < 4.78 is 2.86. The van der Waals surface area contributed by atoms with E-state index in [1.807, 2.05) is 37.6 Å². The van der Waals surface area contributed by atoms with Crippen molar-refractivity contribution in [2.45, 2.75) is 12.5 Å². The van der Waals surface area contributed by atoms with E-state index in [4.69, 9.17) is 5.84 Å². The highest BCUT2D eigenvalue weighted by Gasteiger charge is 2.13. The van der Waals surface area contributed by atoms with Gasteiger partial charge in [0.25, 0.3) is 0 Å². The van der Waals surface area contributed by atoms with Crippen molar-refractivity contribution in [2.75, 3.05) is 0 Å². The van der Waals surface area contributed by atoms with Crippen LogP contribution in [0.2, 0.25) is 0 Å². The topological polar surface area (TPSA) is 55.9 Å². The van der Waals surface area contributed by atoms with Crippen LogP contribution in [0.25, 0.3) is 0 Å². The Kier molecular flexibility index (Phi) is 3.93. The summed E-state index contributed by atoms with van der Waals surface area (Å²) in [7, 11) is 1.91. The molecule has 1 heterocycles. The number of rotatable bonds is 4. The monoisotopic (exact) mass is 294 g/mol. The zero-order chi connectivity index (χ0) is 12.3. The first-order valence-corrected chi connectivity index (χ1v) is 6.18. The molecule has 2 aromatic rings. The fraction of sp³-hybridized carbons (Fsp3) is 0.250.